The van der Waals surface area contributed by atoms with E-state index in [2.05, 4.69) is 10.2 Å². The van der Waals surface area contributed by atoms with Crippen molar-refractivity contribution in [2.75, 3.05) is 19.6 Å². The lowest BCUT2D eigenvalue weighted by Crippen LogP contribution is -2.53. The lowest BCUT2D eigenvalue weighted by Gasteiger charge is -2.43. The van der Waals surface area contributed by atoms with Crippen LogP contribution >= 0.6 is 0 Å². The summed E-state index contributed by atoms with van der Waals surface area (Å²) in [6.07, 6.45) is 0.655. The van der Waals surface area contributed by atoms with E-state index in [0.717, 1.165) is 5.56 Å². The maximum Gasteiger partial charge on any atom is 0.217 e. The highest BCUT2D eigenvalue weighted by molar-refractivity contribution is 5.74. The minimum Gasteiger partial charge on any atom is -0.387 e. The number of hydrogen-bond acceptors (Lipinski definition) is 3. The van der Waals surface area contributed by atoms with Crippen molar-refractivity contribution in [3.63, 3.8) is 0 Å². The van der Waals surface area contributed by atoms with E-state index >= 15 is 0 Å². The van der Waals surface area contributed by atoms with Crippen molar-refractivity contribution >= 4 is 5.91 Å². The van der Waals surface area contributed by atoms with Crippen LogP contribution in [0.4, 0.5) is 4.39 Å². The molecule has 0 saturated carbocycles. The molecule has 0 bridgehead atoms. The fraction of sp³-hybridized carbons (Fsp3) is 0.381. The average Bonchev–Trinajstić information content (AvgIpc) is 2.64. The zero-order chi connectivity index (χ0) is 18.6. The maximum atomic E-state index is 14.4. The number of carbonyl (C=O) groups is 1. The molecule has 2 N–H and O–H groups in total. The summed E-state index contributed by atoms with van der Waals surface area (Å²) in [6, 6.07) is 16.2. The first kappa shape index (κ1) is 18.5. The van der Waals surface area contributed by atoms with Crippen LogP contribution in [0.3, 0.4) is 0 Å². The Bertz CT molecular complexity index is 743. The first-order valence-corrected chi connectivity index (χ1v) is 8.99. The predicted octanol–water partition coefficient (Wildman–Crippen LogP) is 2.99. The second kappa shape index (κ2) is 7.98. The van der Waals surface area contributed by atoms with E-state index in [1.807, 2.05) is 30.3 Å². The zero-order valence-corrected chi connectivity index (χ0v) is 15.0. The molecule has 0 aromatic heterocycles. The molecule has 0 spiro atoms. The van der Waals surface area contributed by atoms with Gasteiger partial charge in [0.25, 0.3) is 0 Å². The standard InChI is InChI=1S/C21H25FN2O2/c1-16(25)23-21(18-9-5-6-10-19(18)22)11-13-24(14-12-21)15-20(26)17-7-3-2-4-8-17/h2-10,20,26H,11-15H2,1H3,(H,23,25)/t20-/m0/s1. The molecule has 1 heterocycles. The highest BCUT2D eigenvalue weighted by Gasteiger charge is 2.39. The SMILES string of the molecule is CC(=O)NC1(c2ccccc2F)CCN(C[C@H](O)c2ccccc2)CC1. The molecule has 1 atom stereocenters. The van der Waals surface area contributed by atoms with Crippen LogP contribution in [-0.2, 0) is 10.3 Å². The Labute approximate surface area is 153 Å². The number of β-amino-alcohol motifs (C(OH)–C–C–N with tert-alkyl or cyclic N) is 1. The van der Waals surface area contributed by atoms with Crippen LogP contribution < -0.4 is 5.32 Å². The van der Waals surface area contributed by atoms with Crippen LogP contribution in [0.1, 0.15) is 37.0 Å². The summed E-state index contributed by atoms with van der Waals surface area (Å²) >= 11 is 0. The average molecular weight is 356 g/mol. The monoisotopic (exact) mass is 356 g/mol. The van der Waals surface area contributed by atoms with Crippen molar-refractivity contribution in [2.24, 2.45) is 0 Å². The van der Waals surface area contributed by atoms with Gasteiger partial charge in [0.2, 0.25) is 5.91 Å². The first-order valence-electron chi connectivity index (χ1n) is 8.99. The highest BCUT2D eigenvalue weighted by atomic mass is 19.1. The molecular formula is C21H25FN2O2. The molecule has 5 heteroatoms. The molecule has 1 fully saturated rings. The van der Waals surface area contributed by atoms with E-state index in [1.165, 1.54) is 13.0 Å². The Balaban J connectivity index is 1.71. The number of likely N-dealkylation sites (tertiary alicyclic amines) is 1. The Morgan fingerprint density at radius 1 is 1.15 bits per heavy atom. The molecular weight excluding hydrogens is 331 g/mol. The van der Waals surface area contributed by atoms with Crippen LogP contribution in [0.5, 0.6) is 0 Å². The topological polar surface area (TPSA) is 52.6 Å². The molecule has 1 amide bonds. The summed E-state index contributed by atoms with van der Waals surface area (Å²) in [5.74, 6) is -0.454. The van der Waals surface area contributed by atoms with Gasteiger partial charge in [-0.2, -0.15) is 0 Å². The fourth-order valence-corrected chi connectivity index (χ4v) is 3.79. The Hall–Kier alpha value is -2.24. The van der Waals surface area contributed by atoms with Gasteiger partial charge in [-0.15, -0.1) is 0 Å². The predicted molar refractivity (Wildman–Crippen MR) is 99.0 cm³/mol. The number of nitrogens with zero attached hydrogens (tertiary/aromatic N) is 1. The summed E-state index contributed by atoms with van der Waals surface area (Å²) in [7, 11) is 0. The number of benzene rings is 2. The van der Waals surface area contributed by atoms with Crippen molar-refractivity contribution in [2.45, 2.75) is 31.4 Å². The van der Waals surface area contributed by atoms with Gasteiger partial charge in [-0.25, -0.2) is 4.39 Å². The lowest BCUT2D eigenvalue weighted by atomic mass is 9.80. The summed E-state index contributed by atoms with van der Waals surface area (Å²) in [5.41, 5.74) is 0.740. The second-order valence-corrected chi connectivity index (χ2v) is 6.97. The van der Waals surface area contributed by atoms with E-state index < -0.39 is 11.6 Å². The van der Waals surface area contributed by atoms with Crippen LogP contribution in [0.15, 0.2) is 54.6 Å². The van der Waals surface area contributed by atoms with Gasteiger partial charge in [0, 0.05) is 32.1 Å². The van der Waals surface area contributed by atoms with E-state index in [0.29, 0.717) is 38.0 Å². The van der Waals surface area contributed by atoms with E-state index in [4.69, 9.17) is 0 Å². The molecule has 26 heavy (non-hydrogen) atoms. The van der Waals surface area contributed by atoms with Crippen molar-refractivity contribution in [1.82, 2.24) is 10.2 Å². The normalized spacial score (nSPS) is 18.3. The van der Waals surface area contributed by atoms with Crippen LogP contribution in [0.25, 0.3) is 0 Å². The highest BCUT2D eigenvalue weighted by Crippen LogP contribution is 2.35. The molecule has 0 aliphatic carbocycles. The van der Waals surface area contributed by atoms with E-state index in [9.17, 15) is 14.3 Å². The summed E-state index contributed by atoms with van der Waals surface area (Å²) in [6.45, 7) is 3.35. The molecule has 0 radical (unpaired) electrons. The van der Waals surface area contributed by atoms with Gasteiger partial charge in [-0.1, -0.05) is 48.5 Å². The maximum absolute atomic E-state index is 14.4. The van der Waals surface area contributed by atoms with Gasteiger partial charge >= 0.3 is 0 Å². The number of hydrogen-bond donors (Lipinski definition) is 2. The molecule has 1 aliphatic heterocycles. The number of halogens is 1. The molecule has 1 aliphatic rings. The first-order chi connectivity index (χ1) is 12.5. The molecule has 1 saturated heterocycles. The number of rotatable bonds is 5. The second-order valence-electron chi connectivity index (χ2n) is 6.97. The zero-order valence-electron chi connectivity index (χ0n) is 15.0. The minimum absolute atomic E-state index is 0.161. The smallest absolute Gasteiger partial charge is 0.217 e. The largest absolute Gasteiger partial charge is 0.387 e. The van der Waals surface area contributed by atoms with Crippen LogP contribution in [0, 0.1) is 5.82 Å². The third kappa shape index (κ3) is 4.11. The van der Waals surface area contributed by atoms with Gasteiger partial charge in [-0.3, -0.25) is 4.79 Å². The number of nitrogens with one attached hydrogen (secondary N) is 1. The van der Waals surface area contributed by atoms with Gasteiger partial charge in [0.15, 0.2) is 0 Å². The van der Waals surface area contributed by atoms with Crippen LogP contribution in [0.2, 0.25) is 0 Å². The Morgan fingerprint density at radius 3 is 2.38 bits per heavy atom. The molecule has 2 aromatic carbocycles. The summed E-state index contributed by atoms with van der Waals surface area (Å²) < 4.78 is 14.4. The van der Waals surface area contributed by atoms with Crippen molar-refractivity contribution in [3.8, 4) is 0 Å². The van der Waals surface area contributed by atoms with Crippen molar-refractivity contribution in [3.05, 3.63) is 71.5 Å². The minimum atomic E-state index is -0.689. The number of carbonyl (C=O) groups excluding carboxylic acids is 1. The van der Waals surface area contributed by atoms with Gasteiger partial charge in [0.1, 0.15) is 5.82 Å². The van der Waals surface area contributed by atoms with E-state index in [1.54, 1.807) is 18.2 Å². The Morgan fingerprint density at radius 2 is 1.77 bits per heavy atom. The van der Waals surface area contributed by atoms with Crippen LogP contribution in [-0.4, -0.2) is 35.5 Å². The molecule has 3 rings (SSSR count). The number of amides is 1. The van der Waals surface area contributed by atoms with Gasteiger partial charge < -0.3 is 15.3 Å². The third-order valence-corrected chi connectivity index (χ3v) is 5.13. The summed E-state index contributed by atoms with van der Waals surface area (Å²) in [4.78, 5) is 13.9. The molecule has 4 nitrogen and oxygen atoms in total. The number of piperidine rings is 1. The fourth-order valence-electron chi connectivity index (χ4n) is 3.79. The number of aliphatic hydroxyl groups excluding tert-OH is 1. The Kier molecular flexibility index (Phi) is 5.69. The van der Waals surface area contributed by atoms with Gasteiger partial charge in [-0.05, 0) is 24.5 Å². The third-order valence-electron chi connectivity index (χ3n) is 5.13. The van der Waals surface area contributed by atoms with Gasteiger partial charge in [0.05, 0.1) is 11.6 Å². The number of aliphatic hydroxyl groups is 1. The quantitative estimate of drug-likeness (QED) is 0.866. The van der Waals surface area contributed by atoms with Crippen molar-refractivity contribution in [1.29, 1.82) is 0 Å². The van der Waals surface area contributed by atoms with Crippen molar-refractivity contribution < 1.29 is 14.3 Å². The summed E-state index contributed by atoms with van der Waals surface area (Å²) in [5, 5.41) is 13.4. The molecule has 0 unspecified atom stereocenters. The lowest BCUT2D eigenvalue weighted by molar-refractivity contribution is -0.121. The van der Waals surface area contributed by atoms with E-state index in [-0.39, 0.29) is 11.7 Å². The molecule has 138 valence electrons. The molecule has 2 aromatic rings.